The summed E-state index contributed by atoms with van der Waals surface area (Å²) in [6, 6.07) is 13.4. The minimum Gasteiger partial charge on any atom is -0.506 e. The molecule has 0 unspecified atom stereocenters. The Balaban J connectivity index is 1.93. The lowest BCUT2D eigenvalue weighted by Gasteiger charge is -2.20. The quantitative estimate of drug-likeness (QED) is 0.560. The number of sulfonamides is 1. The first kappa shape index (κ1) is 21.6. The van der Waals surface area contributed by atoms with E-state index in [0.29, 0.717) is 0 Å². The van der Waals surface area contributed by atoms with Gasteiger partial charge in [0, 0.05) is 7.05 Å². The topological polar surface area (TPSA) is 86.7 Å². The third-order valence-electron chi connectivity index (χ3n) is 4.43. The predicted octanol–water partition coefficient (Wildman–Crippen LogP) is 4.57. The molecule has 0 spiro atoms. The fourth-order valence-electron chi connectivity index (χ4n) is 2.72. The van der Waals surface area contributed by atoms with Crippen molar-refractivity contribution in [2.24, 2.45) is 0 Å². The van der Waals surface area contributed by atoms with Crippen molar-refractivity contribution in [3.63, 3.8) is 0 Å². The predicted molar refractivity (Wildman–Crippen MR) is 114 cm³/mol. The highest BCUT2D eigenvalue weighted by molar-refractivity contribution is 7.92. The molecule has 2 N–H and O–H groups in total. The van der Waals surface area contributed by atoms with Gasteiger partial charge >= 0.3 is 0 Å². The summed E-state index contributed by atoms with van der Waals surface area (Å²) in [6.45, 7) is 1.79. The smallest absolute Gasteiger partial charge is 0.264 e. The van der Waals surface area contributed by atoms with Crippen LogP contribution < -0.4 is 9.62 Å². The number of halogens is 2. The summed E-state index contributed by atoms with van der Waals surface area (Å²) in [7, 11) is -2.72. The van der Waals surface area contributed by atoms with E-state index in [1.54, 1.807) is 13.0 Å². The van der Waals surface area contributed by atoms with Crippen molar-refractivity contribution in [3.05, 3.63) is 82.6 Å². The number of anilines is 2. The van der Waals surface area contributed by atoms with Crippen molar-refractivity contribution in [1.29, 1.82) is 0 Å². The highest BCUT2D eigenvalue weighted by atomic mass is 35.5. The number of rotatable bonds is 5. The van der Waals surface area contributed by atoms with E-state index in [2.05, 4.69) is 5.32 Å². The van der Waals surface area contributed by atoms with E-state index >= 15 is 0 Å². The molecular formula is C21H18ClFN2O4S. The molecular weight excluding hydrogens is 431 g/mol. The number of nitrogens with one attached hydrogen (secondary N) is 1. The SMILES string of the molecule is Cc1ccc(NC(=O)c2cc(S(=O)(=O)N(C)c3ccc(F)cc3)ccc2Cl)c(O)c1. The van der Waals surface area contributed by atoms with Gasteiger partial charge in [0.25, 0.3) is 15.9 Å². The van der Waals surface area contributed by atoms with E-state index in [0.717, 1.165) is 28.1 Å². The largest absolute Gasteiger partial charge is 0.506 e. The summed E-state index contributed by atoms with van der Waals surface area (Å²) in [5.74, 6) is -1.30. The Kier molecular flexibility index (Phi) is 6.00. The zero-order valence-electron chi connectivity index (χ0n) is 16.1. The number of aryl methyl sites for hydroxylation is 1. The molecule has 0 aliphatic carbocycles. The van der Waals surface area contributed by atoms with E-state index in [9.17, 15) is 22.7 Å². The van der Waals surface area contributed by atoms with E-state index in [-0.39, 0.29) is 32.6 Å². The second-order valence-electron chi connectivity index (χ2n) is 6.57. The number of phenols is 1. The lowest BCUT2D eigenvalue weighted by atomic mass is 10.2. The molecule has 156 valence electrons. The van der Waals surface area contributed by atoms with Gasteiger partial charge in [0.2, 0.25) is 0 Å². The average Bonchev–Trinajstić information content (AvgIpc) is 2.70. The van der Waals surface area contributed by atoms with Crippen LogP contribution in [-0.2, 0) is 10.0 Å². The van der Waals surface area contributed by atoms with Gasteiger partial charge in [-0.3, -0.25) is 9.10 Å². The molecule has 30 heavy (non-hydrogen) atoms. The van der Waals surface area contributed by atoms with Gasteiger partial charge in [0.1, 0.15) is 11.6 Å². The van der Waals surface area contributed by atoms with Crippen LogP contribution in [-0.4, -0.2) is 26.5 Å². The first-order valence-corrected chi connectivity index (χ1v) is 10.6. The van der Waals surface area contributed by atoms with Crippen LogP contribution in [0, 0.1) is 12.7 Å². The maximum absolute atomic E-state index is 13.1. The molecule has 0 radical (unpaired) electrons. The van der Waals surface area contributed by atoms with Crippen LogP contribution in [0.5, 0.6) is 5.75 Å². The molecule has 1 amide bonds. The van der Waals surface area contributed by atoms with Gasteiger partial charge in [-0.05, 0) is 67.1 Å². The Hall–Kier alpha value is -3.10. The van der Waals surface area contributed by atoms with Gasteiger partial charge in [-0.1, -0.05) is 17.7 Å². The van der Waals surface area contributed by atoms with E-state index in [1.165, 1.54) is 43.4 Å². The van der Waals surface area contributed by atoms with E-state index in [1.807, 2.05) is 0 Å². The average molecular weight is 449 g/mol. The summed E-state index contributed by atoms with van der Waals surface area (Å²) in [5, 5.41) is 12.5. The van der Waals surface area contributed by atoms with Crippen LogP contribution in [0.3, 0.4) is 0 Å². The zero-order valence-corrected chi connectivity index (χ0v) is 17.6. The summed E-state index contributed by atoms with van der Waals surface area (Å²) < 4.78 is 40.1. The number of phenolic OH excluding ortho intramolecular Hbond substituents is 1. The maximum Gasteiger partial charge on any atom is 0.264 e. The summed E-state index contributed by atoms with van der Waals surface area (Å²) in [5.41, 5.74) is 1.14. The summed E-state index contributed by atoms with van der Waals surface area (Å²) >= 11 is 6.11. The lowest BCUT2D eigenvalue weighted by molar-refractivity contribution is 0.102. The highest BCUT2D eigenvalue weighted by Crippen LogP contribution is 2.28. The molecule has 6 nitrogen and oxygen atoms in total. The Morgan fingerprint density at radius 1 is 1.07 bits per heavy atom. The Labute approximate surface area is 178 Å². The molecule has 3 aromatic rings. The first-order valence-electron chi connectivity index (χ1n) is 8.74. The Bertz CT molecular complexity index is 1210. The molecule has 3 aromatic carbocycles. The van der Waals surface area contributed by atoms with Gasteiger partial charge in [-0.25, -0.2) is 12.8 Å². The monoisotopic (exact) mass is 448 g/mol. The van der Waals surface area contributed by atoms with Crippen LogP contribution in [0.15, 0.2) is 65.6 Å². The van der Waals surface area contributed by atoms with Crippen LogP contribution in [0.1, 0.15) is 15.9 Å². The normalized spacial score (nSPS) is 11.2. The number of aromatic hydroxyl groups is 1. The van der Waals surface area contributed by atoms with Crippen molar-refractivity contribution in [2.45, 2.75) is 11.8 Å². The van der Waals surface area contributed by atoms with Crippen LogP contribution in [0.2, 0.25) is 5.02 Å². The van der Waals surface area contributed by atoms with Crippen molar-refractivity contribution >= 4 is 38.9 Å². The minimum atomic E-state index is -4.04. The van der Waals surface area contributed by atoms with Gasteiger partial charge in [0.15, 0.2) is 0 Å². The fraction of sp³-hybridized carbons (Fsp3) is 0.0952. The lowest BCUT2D eigenvalue weighted by Crippen LogP contribution is -2.27. The number of carbonyl (C=O) groups excluding carboxylic acids is 1. The van der Waals surface area contributed by atoms with Crippen molar-refractivity contribution in [2.75, 3.05) is 16.7 Å². The first-order chi connectivity index (χ1) is 14.1. The van der Waals surface area contributed by atoms with Crippen molar-refractivity contribution < 1.29 is 22.7 Å². The van der Waals surface area contributed by atoms with Gasteiger partial charge in [-0.15, -0.1) is 0 Å². The molecule has 0 bridgehead atoms. The van der Waals surface area contributed by atoms with Crippen molar-refractivity contribution in [3.8, 4) is 5.75 Å². The zero-order chi connectivity index (χ0) is 22.1. The molecule has 0 aliphatic rings. The summed E-state index contributed by atoms with van der Waals surface area (Å²) in [4.78, 5) is 12.5. The van der Waals surface area contributed by atoms with E-state index < -0.39 is 21.7 Å². The molecule has 9 heteroatoms. The van der Waals surface area contributed by atoms with Crippen LogP contribution in [0.25, 0.3) is 0 Å². The molecule has 0 aliphatic heterocycles. The van der Waals surface area contributed by atoms with Crippen LogP contribution in [0.4, 0.5) is 15.8 Å². The van der Waals surface area contributed by atoms with E-state index in [4.69, 9.17) is 11.6 Å². The summed E-state index contributed by atoms with van der Waals surface area (Å²) in [6.07, 6.45) is 0. The number of benzene rings is 3. The maximum atomic E-state index is 13.1. The highest BCUT2D eigenvalue weighted by Gasteiger charge is 2.24. The van der Waals surface area contributed by atoms with Crippen molar-refractivity contribution in [1.82, 2.24) is 0 Å². The standard InChI is InChI=1S/C21H18ClFN2O4S/c1-13-3-10-19(20(26)11-13)24-21(27)17-12-16(8-9-18(17)22)30(28,29)25(2)15-6-4-14(23)5-7-15/h3-12,26H,1-2H3,(H,24,27). The molecule has 0 aromatic heterocycles. The molecule has 0 saturated carbocycles. The molecule has 0 atom stereocenters. The second kappa shape index (κ2) is 8.33. The third kappa shape index (κ3) is 4.39. The van der Waals surface area contributed by atoms with Crippen LogP contribution >= 0.6 is 11.6 Å². The number of nitrogens with zero attached hydrogens (tertiary/aromatic N) is 1. The third-order valence-corrected chi connectivity index (χ3v) is 6.54. The second-order valence-corrected chi connectivity index (χ2v) is 8.94. The number of amides is 1. The molecule has 0 heterocycles. The molecule has 3 rings (SSSR count). The fourth-order valence-corrected chi connectivity index (χ4v) is 4.15. The van der Waals surface area contributed by atoms with Gasteiger partial charge in [0.05, 0.1) is 26.9 Å². The number of carbonyl (C=O) groups is 1. The van der Waals surface area contributed by atoms with Gasteiger partial charge in [-0.2, -0.15) is 0 Å². The molecule has 0 saturated heterocycles. The molecule has 0 fully saturated rings. The minimum absolute atomic E-state index is 0.0440. The number of hydrogen-bond acceptors (Lipinski definition) is 4. The Morgan fingerprint density at radius 2 is 1.73 bits per heavy atom. The number of hydrogen-bond donors (Lipinski definition) is 2. The Morgan fingerprint density at radius 3 is 2.37 bits per heavy atom. The van der Waals surface area contributed by atoms with Gasteiger partial charge < -0.3 is 10.4 Å².